The number of rotatable bonds is 9. The number of aliphatic hydroxyl groups is 1. The third kappa shape index (κ3) is 6.52. The zero-order valence-electron chi connectivity index (χ0n) is 14.5. The van der Waals surface area contributed by atoms with Crippen LogP contribution in [0.15, 0.2) is 54.6 Å². The second-order valence-corrected chi connectivity index (χ2v) is 5.82. The number of nitro groups is 1. The molecule has 0 aliphatic carbocycles. The number of nitro benzene ring substituents is 1. The highest BCUT2D eigenvalue weighted by atomic mass is 16.6. The number of non-ortho nitro benzene ring substituents is 1. The summed E-state index contributed by atoms with van der Waals surface area (Å²) in [5, 5.41) is 22.4. The molecule has 2 aromatic carbocycles. The molecule has 0 heterocycles. The molecule has 0 saturated heterocycles. The highest BCUT2D eigenvalue weighted by molar-refractivity contribution is 5.84. The smallest absolute Gasteiger partial charge is 0.331 e. The second kappa shape index (κ2) is 10.0. The summed E-state index contributed by atoms with van der Waals surface area (Å²) < 4.78 is 5.10. The van der Waals surface area contributed by atoms with Gasteiger partial charge in [-0.3, -0.25) is 14.9 Å². The molecule has 27 heavy (non-hydrogen) atoms. The minimum Gasteiger partial charge on any atom is -0.459 e. The van der Waals surface area contributed by atoms with E-state index in [1.807, 2.05) is 18.2 Å². The van der Waals surface area contributed by atoms with Gasteiger partial charge in [-0.15, -0.1) is 0 Å². The standard InChI is InChI=1S/C19H20N2O6/c22-12-17(19(24)27-13-15-4-2-1-3-5-15)20-18(23)11-8-14-6-9-16(10-7-14)21(25)26/h1-7,9-10,17,22H,8,11-13H2,(H,20,23)/t17-/m0/s1. The fourth-order valence-electron chi connectivity index (χ4n) is 2.32. The molecule has 0 saturated carbocycles. The third-order valence-electron chi connectivity index (χ3n) is 3.81. The number of nitrogens with zero attached hydrogens (tertiary/aromatic N) is 1. The van der Waals surface area contributed by atoms with Crippen LogP contribution in [0.4, 0.5) is 5.69 Å². The van der Waals surface area contributed by atoms with Crippen molar-refractivity contribution in [3.05, 3.63) is 75.8 Å². The van der Waals surface area contributed by atoms with Crippen LogP contribution >= 0.6 is 0 Å². The van der Waals surface area contributed by atoms with Crippen LogP contribution in [0.2, 0.25) is 0 Å². The molecule has 0 radical (unpaired) electrons. The first-order valence-electron chi connectivity index (χ1n) is 8.33. The normalized spacial score (nSPS) is 11.4. The fourth-order valence-corrected chi connectivity index (χ4v) is 2.32. The van der Waals surface area contributed by atoms with Gasteiger partial charge in [0.05, 0.1) is 11.5 Å². The lowest BCUT2D eigenvalue weighted by atomic mass is 10.1. The Balaban J connectivity index is 1.79. The van der Waals surface area contributed by atoms with Gasteiger partial charge in [-0.2, -0.15) is 0 Å². The van der Waals surface area contributed by atoms with Gasteiger partial charge in [-0.25, -0.2) is 4.79 Å². The molecule has 0 bridgehead atoms. The van der Waals surface area contributed by atoms with Gasteiger partial charge in [0.2, 0.25) is 5.91 Å². The van der Waals surface area contributed by atoms with E-state index in [0.29, 0.717) is 6.42 Å². The van der Waals surface area contributed by atoms with Crippen LogP contribution in [0, 0.1) is 10.1 Å². The summed E-state index contributed by atoms with van der Waals surface area (Å²) >= 11 is 0. The monoisotopic (exact) mass is 372 g/mol. The Morgan fingerprint density at radius 3 is 2.33 bits per heavy atom. The van der Waals surface area contributed by atoms with Gasteiger partial charge >= 0.3 is 5.97 Å². The average Bonchev–Trinajstić information content (AvgIpc) is 2.69. The summed E-state index contributed by atoms with van der Waals surface area (Å²) in [6.45, 7) is -0.522. The number of hydrogen-bond donors (Lipinski definition) is 2. The molecule has 2 aromatic rings. The molecule has 0 spiro atoms. The molecule has 1 amide bonds. The Morgan fingerprint density at radius 1 is 1.07 bits per heavy atom. The molecule has 0 aliphatic heterocycles. The summed E-state index contributed by atoms with van der Waals surface area (Å²) in [6.07, 6.45) is 0.418. The first kappa shape index (κ1) is 20.1. The van der Waals surface area contributed by atoms with Crippen LogP contribution in [-0.4, -0.2) is 34.6 Å². The number of aliphatic hydroxyl groups excluding tert-OH is 1. The van der Waals surface area contributed by atoms with Crippen LogP contribution in [0.1, 0.15) is 17.5 Å². The maximum atomic E-state index is 12.0. The number of carbonyl (C=O) groups is 2. The first-order valence-corrected chi connectivity index (χ1v) is 8.33. The van der Waals surface area contributed by atoms with Gasteiger partial charge in [0.1, 0.15) is 6.61 Å². The van der Waals surface area contributed by atoms with Crippen LogP contribution < -0.4 is 5.32 Å². The van der Waals surface area contributed by atoms with E-state index >= 15 is 0 Å². The number of amides is 1. The van der Waals surface area contributed by atoms with E-state index in [-0.39, 0.29) is 18.7 Å². The average molecular weight is 372 g/mol. The number of benzene rings is 2. The number of ether oxygens (including phenoxy) is 1. The van der Waals surface area contributed by atoms with Crippen molar-refractivity contribution >= 4 is 17.6 Å². The Hall–Kier alpha value is -3.26. The van der Waals surface area contributed by atoms with E-state index in [1.165, 1.54) is 12.1 Å². The number of hydrogen-bond acceptors (Lipinski definition) is 6. The molecule has 0 aromatic heterocycles. The Morgan fingerprint density at radius 2 is 1.74 bits per heavy atom. The van der Waals surface area contributed by atoms with E-state index in [1.54, 1.807) is 24.3 Å². The van der Waals surface area contributed by atoms with Crippen LogP contribution in [-0.2, 0) is 27.4 Å². The van der Waals surface area contributed by atoms with Crippen molar-refractivity contribution in [3.63, 3.8) is 0 Å². The summed E-state index contributed by atoms with van der Waals surface area (Å²) in [5.74, 6) is -1.14. The van der Waals surface area contributed by atoms with Crippen molar-refractivity contribution in [2.45, 2.75) is 25.5 Å². The quantitative estimate of drug-likeness (QED) is 0.393. The van der Waals surface area contributed by atoms with Crippen molar-refractivity contribution < 1.29 is 24.4 Å². The third-order valence-corrected chi connectivity index (χ3v) is 3.81. The van der Waals surface area contributed by atoms with Crippen molar-refractivity contribution in [3.8, 4) is 0 Å². The van der Waals surface area contributed by atoms with Gasteiger partial charge in [-0.1, -0.05) is 42.5 Å². The van der Waals surface area contributed by atoms with Crippen LogP contribution in [0.5, 0.6) is 0 Å². The number of nitrogens with one attached hydrogen (secondary N) is 1. The summed E-state index contributed by atoms with van der Waals surface area (Å²) in [4.78, 5) is 34.1. The van der Waals surface area contributed by atoms with Crippen LogP contribution in [0.25, 0.3) is 0 Å². The largest absolute Gasteiger partial charge is 0.459 e. The molecule has 2 rings (SSSR count). The predicted molar refractivity (Wildman–Crippen MR) is 96.7 cm³/mol. The summed E-state index contributed by atoms with van der Waals surface area (Å²) in [6, 6.07) is 13.8. The highest BCUT2D eigenvalue weighted by Gasteiger charge is 2.21. The van der Waals surface area contributed by atoms with E-state index in [4.69, 9.17) is 4.74 Å². The maximum absolute atomic E-state index is 12.0. The number of esters is 1. The van der Waals surface area contributed by atoms with Gasteiger partial charge < -0.3 is 15.2 Å². The molecule has 0 fully saturated rings. The minimum atomic E-state index is -1.14. The molecule has 0 aliphatic rings. The van der Waals surface area contributed by atoms with E-state index < -0.39 is 29.4 Å². The molecular weight excluding hydrogens is 352 g/mol. The summed E-state index contributed by atoms with van der Waals surface area (Å²) in [7, 11) is 0. The second-order valence-electron chi connectivity index (χ2n) is 5.82. The zero-order valence-corrected chi connectivity index (χ0v) is 14.5. The van der Waals surface area contributed by atoms with Crippen LogP contribution in [0.3, 0.4) is 0 Å². The van der Waals surface area contributed by atoms with Crippen molar-refractivity contribution in [1.82, 2.24) is 5.32 Å². The number of aryl methyl sites for hydroxylation is 1. The SMILES string of the molecule is O=C(CCc1ccc([N+](=O)[O-])cc1)N[C@@H](CO)C(=O)OCc1ccccc1. The number of carbonyl (C=O) groups excluding carboxylic acids is 2. The van der Waals surface area contributed by atoms with E-state index in [9.17, 15) is 24.8 Å². The molecule has 8 nitrogen and oxygen atoms in total. The lowest BCUT2D eigenvalue weighted by Gasteiger charge is -2.15. The van der Waals surface area contributed by atoms with Gasteiger partial charge in [0, 0.05) is 18.6 Å². The molecule has 0 unspecified atom stereocenters. The van der Waals surface area contributed by atoms with E-state index in [0.717, 1.165) is 11.1 Å². The molecule has 8 heteroatoms. The van der Waals surface area contributed by atoms with Crippen molar-refractivity contribution in [2.24, 2.45) is 0 Å². The molecule has 142 valence electrons. The highest BCUT2D eigenvalue weighted by Crippen LogP contribution is 2.13. The zero-order chi connectivity index (χ0) is 19.6. The lowest BCUT2D eigenvalue weighted by Crippen LogP contribution is -2.44. The molecule has 1 atom stereocenters. The summed E-state index contributed by atoms with van der Waals surface area (Å²) in [5.41, 5.74) is 1.53. The van der Waals surface area contributed by atoms with Gasteiger partial charge in [-0.05, 0) is 17.5 Å². The minimum absolute atomic E-state index is 0.0234. The topological polar surface area (TPSA) is 119 Å². The van der Waals surface area contributed by atoms with E-state index in [2.05, 4.69) is 5.32 Å². The first-order chi connectivity index (χ1) is 13.0. The predicted octanol–water partition coefficient (Wildman–Crippen LogP) is 1.75. The molecule has 2 N–H and O–H groups in total. The lowest BCUT2D eigenvalue weighted by molar-refractivity contribution is -0.384. The van der Waals surface area contributed by atoms with Crippen molar-refractivity contribution in [2.75, 3.05) is 6.61 Å². The van der Waals surface area contributed by atoms with Crippen molar-refractivity contribution in [1.29, 1.82) is 0 Å². The maximum Gasteiger partial charge on any atom is 0.331 e. The Bertz CT molecular complexity index is 777. The Kier molecular flexibility index (Phi) is 7.45. The fraction of sp³-hybridized carbons (Fsp3) is 0.263. The molecular formula is C19H20N2O6. The van der Waals surface area contributed by atoms with Gasteiger partial charge in [0.15, 0.2) is 6.04 Å². The Labute approximate surface area is 155 Å². The van der Waals surface area contributed by atoms with Gasteiger partial charge in [0.25, 0.3) is 5.69 Å².